The van der Waals surface area contributed by atoms with E-state index in [2.05, 4.69) is 0 Å². The van der Waals surface area contributed by atoms with Gasteiger partial charge in [-0.05, 0) is 57.3 Å². The summed E-state index contributed by atoms with van der Waals surface area (Å²) < 4.78 is 26.4. The molecule has 0 fully saturated rings. The van der Waals surface area contributed by atoms with Crippen LogP contribution in [0.2, 0.25) is 0 Å². The largest absolute Gasteiger partial charge is 0.246 e. The Kier molecular flexibility index (Phi) is 3.48. The standard InChI is InChI=1S/C7H4F2I2/c8-3-4-1-5(10)2-6(11)7(4)9/h1-2H,3H2. The Balaban J connectivity index is 3.24. The molecule has 0 aromatic heterocycles. The van der Waals surface area contributed by atoms with Crippen molar-refractivity contribution in [1.29, 1.82) is 0 Å². The molecule has 4 heteroatoms. The smallest absolute Gasteiger partial charge is 0.142 e. The lowest BCUT2D eigenvalue weighted by molar-refractivity contribution is 0.462. The van der Waals surface area contributed by atoms with Gasteiger partial charge in [-0.3, -0.25) is 0 Å². The first-order valence-electron chi connectivity index (χ1n) is 2.84. The second-order valence-electron chi connectivity index (χ2n) is 1.99. The van der Waals surface area contributed by atoms with Gasteiger partial charge in [-0.15, -0.1) is 0 Å². The lowest BCUT2D eigenvalue weighted by Crippen LogP contribution is -1.91. The van der Waals surface area contributed by atoms with Crippen LogP contribution in [0.3, 0.4) is 0 Å². The van der Waals surface area contributed by atoms with Crippen LogP contribution in [0.5, 0.6) is 0 Å². The van der Waals surface area contributed by atoms with Gasteiger partial charge >= 0.3 is 0 Å². The third kappa shape index (κ3) is 2.24. The van der Waals surface area contributed by atoms with Crippen LogP contribution in [-0.4, -0.2) is 0 Å². The van der Waals surface area contributed by atoms with Crippen LogP contribution >= 0.6 is 45.2 Å². The monoisotopic (exact) mass is 380 g/mol. The number of hydrogen-bond acceptors (Lipinski definition) is 0. The molecular formula is C7H4F2I2. The zero-order valence-corrected chi connectivity index (χ0v) is 9.69. The maximum Gasteiger partial charge on any atom is 0.142 e. The molecule has 0 nitrogen and oxygen atoms in total. The highest BCUT2D eigenvalue weighted by atomic mass is 127. The summed E-state index contributed by atoms with van der Waals surface area (Å²) in [5.41, 5.74) is 0.140. The Labute approximate surface area is 90.7 Å². The topological polar surface area (TPSA) is 0 Å². The molecule has 0 heterocycles. The third-order valence-corrected chi connectivity index (χ3v) is 2.62. The summed E-state index contributed by atoms with van der Waals surface area (Å²) in [4.78, 5) is 0. The molecule has 0 radical (unpaired) electrons. The minimum atomic E-state index is -0.737. The maximum absolute atomic E-state index is 12.9. The molecule has 1 aromatic carbocycles. The van der Waals surface area contributed by atoms with E-state index in [1.807, 2.05) is 45.2 Å². The van der Waals surface area contributed by atoms with Gasteiger partial charge in [0.1, 0.15) is 12.5 Å². The van der Waals surface area contributed by atoms with Crippen LogP contribution in [0.15, 0.2) is 12.1 Å². The zero-order valence-electron chi connectivity index (χ0n) is 5.37. The number of hydrogen-bond donors (Lipinski definition) is 0. The van der Waals surface area contributed by atoms with Gasteiger partial charge in [-0.25, -0.2) is 8.78 Å². The van der Waals surface area contributed by atoms with Gasteiger partial charge < -0.3 is 0 Å². The predicted molar refractivity (Wildman–Crippen MR) is 56.6 cm³/mol. The minimum Gasteiger partial charge on any atom is -0.246 e. The molecule has 0 atom stereocenters. The van der Waals surface area contributed by atoms with Crippen molar-refractivity contribution >= 4 is 45.2 Å². The highest BCUT2D eigenvalue weighted by Gasteiger charge is 2.06. The summed E-state index contributed by atoms with van der Waals surface area (Å²) in [6, 6.07) is 3.19. The molecule has 11 heavy (non-hydrogen) atoms. The Morgan fingerprint density at radius 1 is 1.27 bits per heavy atom. The molecule has 1 aromatic rings. The third-order valence-electron chi connectivity index (χ3n) is 1.21. The molecule has 0 aliphatic rings. The average Bonchev–Trinajstić information content (AvgIpc) is 1.96. The van der Waals surface area contributed by atoms with E-state index >= 15 is 0 Å². The van der Waals surface area contributed by atoms with Crippen LogP contribution in [0, 0.1) is 13.0 Å². The van der Waals surface area contributed by atoms with Crippen molar-refractivity contribution in [1.82, 2.24) is 0 Å². The van der Waals surface area contributed by atoms with Crippen molar-refractivity contribution in [3.63, 3.8) is 0 Å². The Morgan fingerprint density at radius 2 is 1.91 bits per heavy atom. The van der Waals surface area contributed by atoms with Crippen molar-refractivity contribution in [3.05, 3.63) is 30.7 Å². The fourth-order valence-electron chi connectivity index (χ4n) is 0.707. The molecule has 0 aliphatic heterocycles. The van der Waals surface area contributed by atoms with Crippen molar-refractivity contribution in [3.8, 4) is 0 Å². The molecule has 0 N–H and O–H groups in total. The highest BCUT2D eigenvalue weighted by molar-refractivity contribution is 14.1. The van der Waals surface area contributed by atoms with E-state index in [1.165, 1.54) is 6.07 Å². The van der Waals surface area contributed by atoms with E-state index in [4.69, 9.17) is 0 Å². The Morgan fingerprint density at radius 3 is 2.45 bits per heavy atom. The van der Waals surface area contributed by atoms with E-state index in [0.29, 0.717) is 3.57 Å². The first-order chi connectivity index (χ1) is 5.15. The van der Waals surface area contributed by atoms with Gasteiger partial charge in [0.25, 0.3) is 0 Å². The van der Waals surface area contributed by atoms with Crippen LogP contribution in [-0.2, 0) is 6.67 Å². The van der Waals surface area contributed by atoms with Crippen LogP contribution < -0.4 is 0 Å². The van der Waals surface area contributed by atoms with Crippen molar-refractivity contribution in [2.45, 2.75) is 6.67 Å². The van der Waals surface area contributed by atoms with Gasteiger partial charge in [0.2, 0.25) is 0 Å². The van der Waals surface area contributed by atoms with E-state index in [1.54, 1.807) is 6.07 Å². The maximum atomic E-state index is 12.9. The summed E-state index contributed by atoms with van der Waals surface area (Å²) in [5.74, 6) is -0.437. The van der Waals surface area contributed by atoms with Crippen LogP contribution in [0.1, 0.15) is 5.56 Å². The predicted octanol–water partition coefficient (Wildman–Crippen LogP) is 3.50. The van der Waals surface area contributed by atoms with Gasteiger partial charge in [0.15, 0.2) is 0 Å². The average molecular weight is 380 g/mol. The summed E-state index contributed by atoms with van der Waals surface area (Å²) in [5, 5.41) is 0. The Bertz CT molecular complexity index is 273. The molecule has 1 rings (SSSR count). The van der Waals surface area contributed by atoms with Gasteiger partial charge in [-0.1, -0.05) is 0 Å². The summed E-state index contributed by atoms with van der Waals surface area (Å²) in [6.07, 6.45) is 0. The number of rotatable bonds is 1. The SMILES string of the molecule is FCc1cc(I)cc(I)c1F. The molecule has 0 amide bonds. The summed E-state index contributed by atoms with van der Waals surface area (Å²) in [6.45, 7) is -0.737. The van der Waals surface area contributed by atoms with Crippen molar-refractivity contribution in [2.75, 3.05) is 0 Å². The normalized spacial score (nSPS) is 10.2. The van der Waals surface area contributed by atoms with Crippen LogP contribution in [0.4, 0.5) is 8.78 Å². The molecule has 0 saturated heterocycles. The number of alkyl halides is 1. The quantitative estimate of drug-likeness (QED) is 0.517. The number of halogens is 4. The second kappa shape index (κ2) is 3.97. The van der Waals surface area contributed by atoms with Crippen molar-refractivity contribution in [2.24, 2.45) is 0 Å². The minimum absolute atomic E-state index is 0.140. The first-order valence-corrected chi connectivity index (χ1v) is 5.00. The molecule has 0 bridgehead atoms. The van der Waals surface area contributed by atoms with Crippen molar-refractivity contribution < 1.29 is 8.78 Å². The lowest BCUT2D eigenvalue weighted by atomic mass is 10.2. The molecule has 0 unspecified atom stereocenters. The van der Waals surface area contributed by atoms with Gasteiger partial charge in [0, 0.05) is 9.13 Å². The van der Waals surface area contributed by atoms with E-state index in [9.17, 15) is 8.78 Å². The summed E-state index contributed by atoms with van der Waals surface area (Å²) >= 11 is 3.89. The molecule has 0 spiro atoms. The molecule has 0 aliphatic carbocycles. The first kappa shape index (κ1) is 9.63. The van der Waals surface area contributed by atoms with E-state index < -0.39 is 12.5 Å². The van der Waals surface area contributed by atoms with E-state index in [-0.39, 0.29) is 5.56 Å². The van der Waals surface area contributed by atoms with Gasteiger partial charge in [-0.2, -0.15) is 0 Å². The zero-order chi connectivity index (χ0) is 8.43. The number of benzene rings is 1. The fourth-order valence-corrected chi connectivity index (χ4v) is 2.67. The van der Waals surface area contributed by atoms with Gasteiger partial charge in [0.05, 0.1) is 3.57 Å². The van der Waals surface area contributed by atoms with E-state index in [0.717, 1.165) is 3.57 Å². The molecule has 0 saturated carbocycles. The Hall–Kier alpha value is 0.540. The molecule has 60 valence electrons. The summed E-state index contributed by atoms with van der Waals surface area (Å²) in [7, 11) is 0. The van der Waals surface area contributed by atoms with Crippen LogP contribution in [0.25, 0.3) is 0 Å². The highest BCUT2D eigenvalue weighted by Crippen LogP contribution is 2.19. The second-order valence-corrected chi connectivity index (χ2v) is 4.40. The molecular weight excluding hydrogens is 376 g/mol. The lowest BCUT2D eigenvalue weighted by Gasteiger charge is -2.00. The fraction of sp³-hybridized carbons (Fsp3) is 0.143.